The molecule has 0 radical (unpaired) electrons. The van der Waals surface area contributed by atoms with Gasteiger partial charge in [0.25, 0.3) is 0 Å². The number of hydrogen-bond donors (Lipinski definition) is 1. The van der Waals surface area contributed by atoms with Crippen LogP contribution in [0.1, 0.15) is 45.0 Å². The normalized spacial score (nSPS) is 21.9. The summed E-state index contributed by atoms with van der Waals surface area (Å²) < 4.78 is 0. The quantitative estimate of drug-likeness (QED) is 0.929. The van der Waals surface area contributed by atoms with Crippen molar-refractivity contribution in [1.82, 2.24) is 15.2 Å². The number of hydrogen-bond acceptors (Lipinski definition) is 4. The van der Waals surface area contributed by atoms with E-state index in [-0.39, 0.29) is 23.1 Å². The van der Waals surface area contributed by atoms with E-state index in [2.05, 4.69) is 17.2 Å². The molecule has 6 heteroatoms. The summed E-state index contributed by atoms with van der Waals surface area (Å²) in [7, 11) is 0. The van der Waals surface area contributed by atoms with Crippen molar-refractivity contribution in [2.45, 2.75) is 46.1 Å². The Balaban J connectivity index is 2.14. The molecule has 1 saturated heterocycles. The molecule has 2 rings (SSSR count). The Morgan fingerprint density at radius 1 is 1.48 bits per heavy atom. The van der Waals surface area contributed by atoms with Crippen LogP contribution in [-0.2, 0) is 9.59 Å². The van der Waals surface area contributed by atoms with E-state index >= 15 is 0 Å². The summed E-state index contributed by atoms with van der Waals surface area (Å²) in [6.07, 6.45) is 2.15. The molecule has 0 saturated carbocycles. The molecular formula is C15H23N3O2S. The molecule has 1 aliphatic rings. The fourth-order valence-electron chi connectivity index (χ4n) is 2.48. The van der Waals surface area contributed by atoms with Crippen LogP contribution in [0.2, 0.25) is 0 Å². The molecule has 2 heterocycles. The van der Waals surface area contributed by atoms with Crippen LogP contribution in [0.3, 0.4) is 0 Å². The van der Waals surface area contributed by atoms with Gasteiger partial charge in [0.15, 0.2) is 0 Å². The van der Waals surface area contributed by atoms with Crippen molar-refractivity contribution in [1.29, 1.82) is 0 Å². The lowest BCUT2D eigenvalue weighted by atomic mass is 9.86. The van der Waals surface area contributed by atoms with Crippen LogP contribution in [0, 0.1) is 5.41 Å². The van der Waals surface area contributed by atoms with Gasteiger partial charge in [-0.25, -0.2) is 4.98 Å². The highest BCUT2D eigenvalue weighted by atomic mass is 32.1. The third kappa shape index (κ3) is 3.81. The van der Waals surface area contributed by atoms with Crippen LogP contribution in [0.5, 0.6) is 0 Å². The predicted octanol–water partition coefficient (Wildman–Crippen LogP) is 2.01. The summed E-state index contributed by atoms with van der Waals surface area (Å²) in [6.45, 7) is 9.08. The maximum atomic E-state index is 12.7. The average Bonchev–Trinajstić information content (AvgIpc) is 2.88. The molecule has 2 amide bonds. The van der Waals surface area contributed by atoms with Gasteiger partial charge in [0.05, 0.1) is 5.01 Å². The van der Waals surface area contributed by atoms with Crippen LogP contribution in [0.15, 0.2) is 11.6 Å². The molecule has 0 spiro atoms. The molecule has 1 fully saturated rings. The number of aromatic nitrogens is 1. The molecule has 116 valence electrons. The molecule has 1 aliphatic heterocycles. The highest BCUT2D eigenvalue weighted by Crippen LogP contribution is 2.25. The molecule has 21 heavy (non-hydrogen) atoms. The monoisotopic (exact) mass is 309 g/mol. The molecular weight excluding hydrogens is 286 g/mol. The van der Waals surface area contributed by atoms with E-state index < -0.39 is 6.04 Å². The summed E-state index contributed by atoms with van der Waals surface area (Å²) in [4.78, 5) is 30.7. The lowest BCUT2D eigenvalue weighted by Gasteiger charge is -2.33. The van der Waals surface area contributed by atoms with Gasteiger partial charge in [-0.3, -0.25) is 9.59 Å². The molecule has 1 aromatic rings. The molecule has 1 N–H and O–H groups in total. The third-order valence-corrected chi connectivity index (χ3v) is 4.71. The Kier molecular flexibility index (Phi) is 4.66. The van der Waals surface area contributed by atoms with Gasteiger partial charge in [-0.1, -0.05) is 27.7 Å². The molecule has 2 unspecified atom stereocenters. The minimum absolute atomic E-state index is 0.0109. The number of carbonyl (C=O) groups excluding carboxylic acids is 2. The molecule has 5 nitrogen and oxygen atoms in total. The van der Waals surface area contributed by atoms with E-state index in [1.54, 1.807) is 22.4 Å². The summed E-state index contributed by atoms with van der Waals surface area (Å²) in [5.74, 6) is 0.146. The van der Waals surface area contributed by atoms with E-state index in [4.69, 9.17) is 0 Å². The van der Waals surface area contributed by atoms with Crippen LogP contribution < -0.4 is 5.32 Å². The van der Waals surface area contributed by atoms with Gasteiger partial charge in [0, 0.05) is 37.0 Å². The van der Waals surface area contributed by atoms with Crippen molar-refractivity contribution in [2.24, 2.45) is 5.41 Å². The van der Waals surface area contributed by atoms with Crippen molar-refractivity contribution < 1.29 is 9.59 Å². The first-order valence-electron chi connectivity index (χ1n) is 7.26. The first-order valence-corrected chi connectivity index (χ1v) is 8.14. The van der Waals surface area contributed by atoms with E-state index in [1.165, 1.54) is 0 Å². The minimum atomic E-state index is -0.462. The average molecular weight is 309 g/mol. The summed E-state index contributed by atoms with van der Waals surface area (Å²) in [6, 6.07) is -0.462. The Bertz CT molecular complexity index is 507. The van der Waals surface area contributed by atoms with Gasteiger partial charge in [-0.2, -0.15) is 0 Å². The Hall–Kier alpha value is -1.43. The van der Waals surface area contributed by atoms with Crippen LogP contribution in [-0.4, -0.2) is 40.8 Å². The summed E-state index contributed by atoms with van der Waals surface area (Å²) in [5.41, 5.74) is -0.292. The highest BCUT2D eigenvalue weighted by Gasteiger charge is 2.38. The second kappa shape index (κ2) is 6.13. The van der Waals surface area contributed by atoms with Crippen LogP contribution in [0.4, 0.5) is 0 Å². The lowest BCUT2D eigenvalue weighted by Crippen LogP contribution is -2.52. The van der Waals surface area contributed by atoms with E-state index in [1.807, 2.05) is 26.2 Å². The first-order chi connectivity index (χ1) is 9.79. The lowest BCUT2D eigenvalue weighted by molar-refractivity contribution is -0.136. The van der Waals surface area contributed by atoms with Gasteiger partial charge in [-0.15, -0.1) is 11.3 Å². The van der Waals surface area contributed by atoms with E-state index in [0.717, 1.165) is 5.01 Å². The minimum Gasteiger partial charge on any atom is -0.344 e. The van der Waals surface area contributed by atoms with Crippen molar-refractivity contribution >= 4 is 23.2 Å². The molecule has 0 aromatic carbocycles. The number of rotatable bonds is 3. The number of amides is 2. The summed E-state index contributed by atoms with van der Waals surface area (Å²) in [5, 5.41) is 5.83. The molecule has 0 aliphatic carbocycles. The largest absolute Gasteiger partial charge is 0.344 e. The van der Waals surface area contributed by atoms with Gasteiger partial charge in [0.1, 0.15) is 6.04 Å². The molecule has 2 atom stereocenters. The van der Waals surface area contributed by atoms with Crippen molar-refractivity contribution in [3.8, 4) is 0 Å². The van der Waals surface area contributed by atoms with Crippen molar-refractivity contribution in [2.75, 3.05) is 13.1 Å². The molecule has 0 bridgehead atoms. The first kappa shape index (κ1) is 15.9. The highest BCUT2D eigenvalue weighted by molar-refractivity contribution is 7.09. The van der Waals surface area contributed by atoms with Crippen LogP contribution >= 0.6 is 11.3 Å². The van der Waals surface area contributed by atoms with Gasteiger partial charge in [0.2, 0.25) is 11.8 Å². The van der Waals surface area contributed by atoms with Gasteiger partial charge < -0.3 is 10.2 Å². The second-order valence-electron chi connectivity index (χ2n) is 6.67. The zero-order chi connectivity index (χ0) is 15.6. The van der Waals surface area contributed by atoms with Crippen molar-refractivity contribution in [3.63, 3.8) is 0 Å². The standard InChI is InChI=1S/C15H23N3O2S/c1-10(13-16-6-8-21-13)9-18-7-5-11(19)17-12(14(18)20)15(2,3)4/h6,8,10,12H,5,7,9H2,1-4H3,(H,17,19). The zero-order valence-electron chi connectivity index (χ0n) is 13.0. The number of thiazole rings is 1. The van der Waals surface area contributed by atoms with Gasteiger partial charge in [-0.05, 0) is 5.41 Å². The number of nitrogens with one attached hydrogen (secondary N) is 1. The van der Waals surface area contributed by atoms with E-state index in [9.17, 15) is 9.59 Å². The predicted molar refractivity (Wildman–Crippen MR) is 83.1 cm³/mol. The molecule has 1 aromatic heterocycles. The van der Waals surface area contributed by atoms with Crippen LogP contribution in [0.25, 0.3) is 0 Å². The smallest absolute Gasteiger partial charge is 0.245 e. The maximum absolute atomic E-state index is 12.7. The number of carbonyl (C=O) groups is 2. The fourth-order valence-corrected chi connectivity index (χ4v) is 3.17. The Morgan fingerprint density at radius 2 is 2.19 bits per heavy atom. The fraction of sp³-hybridized carbons (Fsp3) is 0.667. The van der Waals surface area contributed by atoms with Crippen molar-refractivity contribution in [3.05, 3.63) is 16.6 Å². The Labute approximate surface area is 129 Å². The Morgan fingerprint density at radius 3 is 2.76 bits per heavy atom. The second-order valence-corrected chi connectivity index (χ2v) is 7.60. The third-order valence-electron chi connectivity index (χ3n) is 3.71. The SMILES string of the molecule is CC(CN1CCC(=O)NC(C(C)(C)C)C1=O)c1nccs1. The summed E-state index contributed by atoms with van der Waals surface area (Å²) >= 11 is 1.60. The number of nitrogens with zero attached hydrogens (tertiary/aromatic N) is 2. The van der Waals surface area contributed by atoms with Gasteiger partial charge >= 0.3 is 0 Å². The van der Waals surface area contributed by atoms with E-state index in [0.29, 0.717) is 19.5 Å². The zero-order valence-corrected chi connectivity index (χ0v) is 13.9. The topological polar surface area (TPSA) is 62.3 Å². The maximum Gasteiger partial charge on any atom is 0.245 e.